The second kappa shape index (κ2) is 6.37. The number of carbonyl (C=O) groups is 1. The predicted octanol–water partition coefficient (Wildman–Crippen LogP) is 2.95. The van der Waals surface area contributed by atoms with Crippen molar-refractivity contribution in [2.75, 3.05) is 17.6 Å². The molecule has 0 saturated carbocycles. The maximum atomic E-state index is 11.4. The number of hydrogen-bond acceptors (Lipinski definition) is 2. The average Bonchev–Trinajstić information content (AvgIpc) is 2.24. The molecule has 0 fully saturated rings. The van der Waals surface area contributed by atoms with E-state index in [1.54, 1.807) is 18.2 Å². The van der Waals surface area contributed by atoms with Crippen molar-refractivity contribution >= 4 is 33.3 Å². The van der Waals surface area contributed by atoms with Crippen LogP contribution in [0.2, 0.25) is 0 Å². The largest absolute Gasteiger partial charge is 0.398 e. The molecule has 16 heavy (non-hydrogen) atoms. The van der Waals surface area contributed by atoms with E-state index in [0.29, 0.717) is 17.9 Å². The third-order valence-electron chi connectivity index (χ3n) is 2.07. The van der Waals surface area contributed by atoms with E-state index in [1.807, 2.05) is 0 Å². The molecule has 0 aliphatic carbocycles. The summed E-state index contributed by atoms with van der Waals surface area (Å²) < 4.78 is 0.824. The van der Waals surface area contributed by atoms with E-state index in [0.717, 1.165) is 17.3 Å². The molecular weight excluding hydrogens is 270 g/mol. The quantitative estimate of drug-likeness (QED) is 0.588. The molecule has 1 rings (SSSR count). The third kappa shape index (κ3) is 4.10. The highest BCUT2D eigenvalue weighted by molar-refractivity contribution is 9.10. The van der Waals surface area contributed by atoms with Crippen LogP contribution in [0, 0.1) is 0 Å². The Labute approximate surface area is 104 Å². The van der Waals surface area contributed by atoms with Crippen molar-refractivity contribution in [1.29, 1.82) is 0 Å². The Morgan fingerprint density at radius 3 is 2.88 bits per heavy atom. The zero-order valence-corrected chi connectivity index (χ0v) is 10.8. The van der Waals surface area contributed by atoms with Crippen LogP contribution < -0.4 is 16.4 Å². The molecule has 5 heteroatoms. The number of anilines is 2. The monoisotopic (exact) mass is 285 g/mol. The number of benzene rings is 1. The van der Waals surface area contributed by atoms with Crippen LogP contribution >= 0.6 is 15.9 Å². The molecule has 4 nitrogen and oxygen atoms in total. The predicted molar refractivity (Wildman–Crippen MR) is 70.5 cm³/mol. The highest BCUT2D eigenvalue weighted by atomic mass is 79.9. The maximum Gasteiger partial charge on any atom is 0.319 e. The molecule has 0 spiro atoms. The van der Waals surface area contributed by atoms with Crippen LogP contribution in [-0.4, -0.2) is 12.6 Å². The Bertz CT molecular complexity index is 368. The van der Waals surface area contributed by atoms with Gasteiger partial charge in [-0.1, -0.05) is 13.3 Å². The van der Waals surface area contributed by atoms with E-state index in [-0.39, 0.29) is 6.03 Å². The first kappa shape index (κ1) is 12.8. The number of nitrogens with one attached hydrogen (secondary N) is 2. The first-order chi connectivity index (χ1) is 7.63. The first-order valence-corrected chi connectivity index (χ1v) is 6.02. The molecule has 0 radical (unpaired) electrons. The van der Waals surface area contributed by atoms with Crippen molar-refractivity contribution in [2.24, 2.45) is 0 Å². The van der Waals surface area contributed by atoms with Crippen molar-refractivity contribution in [2.45, 2.75) is 19.8 Å². The molecule has 0 aliphatic heterocycles. The van der Waals surface area contributed by atoms with Crippen molar-refractivity contribution in [1.82, 2.24) is 5.32 Å². The van der Waals surface area contributed by atoms with E-state index in [4.69, 9.17) is 5.73 Å². The van der Waals surface area contributed by atoms with Gasteiger partial charge in [0.1, 0.15) is 0 Å². The molecule has 0 unspecified atom stereocenters. The number of hydrogen-bond donors (Lipinski definition) is 3. The minimum absolute atomic E-state index is 0.199. The molecular formula is C11H16BrN3O. The summed E-state index contributed by atoms with van der Waals surface area (Å²) in [5.74, 6) is 0. The Hall–Kier alpha value is -1.23. The van der Waals surface area contributed by atoms with Crippen LogP contribution in [0.25, 0.3) is 0 Å². The Morgan fingerprint density at radius 1 is 1.50 bits per heavy atom. The van der Waals surface area contributed by atoms with Crippen molar-refractivity contribution in [3.8, 4) is 0 Å². The lowest BCUT2D eigenvalue weighted by atomic mass is 10.3. The molecule has 0 atom stereocenters. The number of carbonyl (C=O) groups excluding carboxylic acids is 1. The van der Waals surface area contributed by atoms with Crippen LogP contribution in [0.15, 0.2) is 22.7 Å². The number of amides is 2. The van der Waals surface area contributed by atoms with Crippen molar-refractivity contribution < 1.29 is 4.79 Å². The minimum Gasteiger partial charge on any atom is -0.398 e. The zero-order chi connectivity index (χ0) is 12.0. The van der Waals surface area contributed by atoms with Gasteiger partial charge in [0.2, 0.25) is 0 Å². The second-order valence-corrected chi connectivity index (χ2v) is 4.33. The fourth-order valence-corrected chi connectivity index (χ4v) is 1.42. The van der Waals surface area contributed by atoms with Gasteiger partial charge < -0.3 is 16.4 Å². The van der Waals surface area contributed by atoms with Gasteiger partial charge in [0, 0.05) is 22.4 Å². The van der Waals surface area contributed by atoms with E-state index in [9.17, 15) is 4.79 Å². The summed E-state index contributed by atoms with van der Waals surface area (Å²) in [6, 6.07) is 5.11. The van der Waals surface area contributed by atoms with Gasteiger partial charge in [-0.25, -0.2) is 4.79 Å². The van der Waals surface area contributed by atoms with Crippen molar-refractivity contribution in [3.63, 3.8) is 0 Å². The summed E-state index contributed by atoms with van der Waals surface area (Å²) in [5, 5.41) is 5.48. The van der Waals surface area contributed by atoms with Gasteiger partial charge in [-0.05, 0) is 40.5 Å². The minimum atomic E-state index is -0.199. The summed E-state index contributed by atoms with van der Waals surface area (Å²) in [4.78, 5) is 11.4. The van der Waals surface area contributed by atoms with Crippen molar-refractivity contribution in [3.05, 3.63) is 22.7 Å². The van der Waals surface area contributed by atoms with E-state index < -0.39 is 0 Å². The summed E-state index contributed by atoms with van der Waals surface area (Å²) in [5.41, 5.74) is 6.99. The van der Waals surface area contributed by atoms with Crippen LogP contribution in [0.1, 0.15) is 19.8 Å². The van der Waals surface area contributed by atoms with Gasteiger partial charge in [-0.2, -0.15) is 0 Å². The molecule has 1 aromatic carbocycles. The summed E-state index contributed by atoms with van der Waals surface area (Å²) in [6.45, 7) is 2.77. The SMILES string of the molecule is CCCCNC(=O)Nc1ccc(Br)c(N)c1. The molecule has 0 aromatic heterocycles. The van der Waals surface area contributed by atoms with Gasteiger partial charge >= 0.3 is 6.03 Å². The summed E-state index contributed by atoms with van der Waals surface area (Å²) >= 11 is 3.29. The Balaban J connectivity index is 2.46. The average molecular weight is 286 g/mol. The summed E-state index contributed by atoms with van der Waals surface area (Å²) in [6.07, 6.45) is 2.04. The second-order valence-electron chi connectivity index (χ2n) is 3.47. The van der Waals surface area contributed by atoms with Crippen LogP contribution in [0.5, 0.6) is 0 Å². The highest BCUT2D eigenvalue weighted by Gasteiger charge is 2.02. The number of nitrogens with two attached hydrogens (primary N) is 1. The molecule has 4 N–H and O–H groups in total. The van der Waals surface area contributed by atoms with E-state index in [1.165, 1.54) is 0 Å². The lowest BCUT2D eigenvalue weighted by molar-refractivity contribution is 0.252. The Morgan fingerprint density at radius 2 is 2.25 bits per heavy atom. The van der Waals surface area contributed by atoms with E-state index >= 15 is 0 Å². The maximum absolute atomic E-state index is 11.4. The molecule has 0 bridgehead atoms. The number of urea groups is 1. The first-order valence-electron chi connectivity index (χ1n) is 5.23. The smallest absolute Gasteiger partial charge is 0.319 e. The van der Waals surface area contributed by atoms with Gasteiger partial charge in [0.15, 0.2) is 0 Å². The highest BCUT2D eigenvalue weighted by Crippen LogP contribution is 2.22. The standard InChI is InChI=1S/C11H16BrN3O/c1-2-3-6-14-11(16)15-8-4-5-9(12)10(13)7-8/h4-5,7H,2-3,6,13H2,1H3,(H2,14,15,16). The van der Waals surface area contributed by atoms with Crippen LogP contribution in [0.4, 0.5) is 16.2 Å². The van der Waals surface area contributed by atoms with Crippen LogP contribution in [0.3, 0.4) is 0 Å². The normalized spacial score (nSPS) is 9.88. The lowest BCUT2D eigenvalue weighted by Gasteiger charge is -2.08. The number of nitrogen functional groups attached to an aromatic ring is 1. The number of rotatable bonds is 4. The Kier molecular flexibility index (Phi) is 5.11. The van der Waals surface area contributed by atoms with E-state index in [2.05, 4.69) is 33.5 Å². The molecule has 88 valence electrons. The number of unbranched alkanes of at least 4 members (excludes halogenated alkanes) is 1. The van der Waals surface area contributed by atoms with Gasteiger partial charge in [-0.15, -0.1) is 0 Å². The summed E-state index contributed by atoms with van der Waals surface area (Å²) in [7, 11) is 0. The molecule has 1 aromatic rings. The molecule has 0 aliphatic rings. The van der Waals surface area contributed by atoms with Crippen LogP contribution in [-0.2, 0) is 0 Å². The molecule has 0 heterocycles. The number of halogens is 1. The third-order valence-corrected chi connectivity index (χ3v) is 2.79. The fourth-order valence-electron chi connectivity index (χ4n) is 1.18. The van der Waals surface area contributed by atoms with Gasteiger partial charge in [0.25, 0.3) is 0 Å². The molecule has 2 amide bonds. The topological polar surface area (TPSA) is 67.2 Å². The fraction of sp³-hybridized carbons (Fsp3) is 0.364. The molecule has 0 saturated heterocycles. The van der Waals surface area contributed by atoms with Gasteiger partial charge in [-0.3, -0.25) is 0 Å². The lowest BCUT2D eigenvalue weighted by Crippen LogP contribution is -2.29. The van der Waals surface area contributed by atoms with Gasteiger partial charge in [0.05, 0.1) is 0 Å². The zero-order valence-electron chi connectivity index (χ0n) is 9.22.